The van der Waals surface area contributed by atoms with E-state index < -0.39 is 0 Å². The fraction of sp³-hybridized carbons (Fsp3) is 0.368. The standard InChI is InChI=1S/C19H21N3OS/c1-12-10-13(6-7-15(12)23-5)17-14(8-9-20)22-16(19(2,3)4)11-24-18(22)21-17/h6-7,10-11H,8H2,1-5H3. The molecule has 0 fully saturated rings. The SMILES string of the molecule is COc1ccc(-c2nc3scc(C(C)(C)C)n3c2CC#N)cc1C. The van der Waals surface area contributed by atoms with E-state index in [2.05, 4.69) is 42.7 Å². The van der Waals surface area contributed by atoms with Crippen molar-refractivity contribution in [3.63, 3.8) is 0 Å². The van der Waals surface area contributed by atoms with Gasteiger partial charge in [-0.1, -0.05) is 20.8 Å². The monoisotopic (exact) mass is 339 g/mol. The number of nitrogens with zero attached hydrogens (tertiary/aromatic N) is 3. The molecule has 2 heterocycles. The van der Waals surface area contributed by atoms with E-state index in [1.165, 1.54) is 5.69 Å². The predicted octanol–water partition coefficient (Wildman–Crippen LogP) is 4.74. The van der Waals surface area contributed by atoms with Crippen LogP contribution in [0.3, 0.4) is 0 Å². The molecule has 3 aromatic rings. The number of hydrogen-bond acceptors (Lipinski definition) is 4. The zero-order valence-corrected chi connectivity index (χ0v) is 15.5. The van der Waals surface area contributed by atoms with Crippen LogP contribution >= 0.6 is 11.3 Å². The van der Waals surface area contributed by atoms with E-state index in [0.29, 0.717) is 6.42 Å². The molecule has 0 bridgehead atoms. The van der Waals surface area contributed by atoms with Crippen LogP contribution in [-0.2, 0) is 11.8 Å². The minimum Gasteiger partial charge on any atom is -0.496 e. The van der Waals surface area contributed by atoms with Crippen molar-refractivity contribution in [1.29, 1.82) is 5.26 Å². The highest BCUT2D eigenvalue weighted by atomic mass is 32.1. The molecule has 0 atom stereocenters. The third-order valence-electron chi connectivity index (χ3n) is 4.14. The number of benzene rings is 1. The van der Waals surface area contributed by atoms with Crippen molar-refractivity contribution in [1.82, 2.24) is 9.38 Å². The summed E-state index contributed by atoms with van der Waals surface area (Å²) in [7, 11) is 1.67. The van der Waals surface area contributed by atoms with Crippen LogP contribution in [0.2, 0.25) is 0 Å². The zero-order chi connectivity index (χ0) is 17.5. The van der Waals surface area contributed by atoms with Gasteiger partial charge in [-0.2, -0.15) is 5.26 Å². The summed E-state index contributed by atoms with van der Waals surface area (Å²) in [5.41, 5.74) is 5.12. The molecule has 0 saturated carbocycles. The van der Waals surface area contributed by atoms with E-state index >= 15 is 0 Å². The largest absolute Gasteiger partial charge is 0.496 e. The van der Waals surface area contributed by atoms with Crippen LogP contribution < -0.4 is 4.74 Å². The first-order valence-corrected chi connectivity index (χ1v) is 8.76. The van der Waals surface area contributed by atoms with Gasteiger partial charge in [0.25, 0.3) is 0 Å². The lowest BCUT2D eigenvalue weighted by atomic mass is 9.93. The molecular formula is C19H21N3OS. The number of aryl methyl sites for hydroxylation is 1. The minimum atomic E-state index is -0.00372. The summed E-state index contributed by atoms with van der Waals surface area (Å²) in [5, 5.41) is 11.5. The first kappa shape index (κ1) is 16.5. The van der Waals surface area contributed by atoms with Gasteiger partial charge in [0.1, 0.15) is 5.75 Å². The molecule has 1 aromatic carbocycles. The Labute approximate surface area is 146 Å². The number of methoxy groups -OCH3 is 1. The Morgan fingerprint density at radius 1 is 1.33 bits per heavy atom. The van der Waals surface area contributed by atoms with Gasteiger partial charge in [-0.05, 0) is 30.7 Å². The molecule has 0 aliphatic carbocycles. The van der Waals surface area contributed by atoms with E-state index in [1.54, 1.807) is 18.4 Å². The molecule has 0 radical (unpaired) electrons. The highest BCUT2D eigenvalue weighted by molar-refractivity contribution is 7.15. The maximum atomic E-state index is 9.33. The number of imidazole rings is 1. The van der Waals surface area contributed by atoms with Crippen molar-refractivity contribution in [2.75, 3.05) is 7.11 Å². The summed E-state index contributed by atoms with van der Waals surface area (Å²) in [6, 6.07) is 8.34. The molecule has 0 unspecified atom stereocenters. The molecule has 0 spiro atoms. The molecule has 24 heavy (non-hydrogen) atoms. The van der Waals surface area contributed by atoms with Gasteiger partial charge in [0.15, 0.2) is 4.96 Å². The molecule has 0 amide bonds. The summed E-state index contributed by atoms with van der Waals surface area (Å²) < 4.78 is 7.50. The molecule has 3 rings (SSSR count). The van der Waals surface area contributed by atoms with Crippen molar-refractivity contribution in [2.24, 2.45) is 0 Å². The fourth-order valence-electron chi connectivity index (χ4n) is 2.93. The van der Waals surface area contributed by atoms with E-state index in [-0.39, 0.29) is 5.41 Å². The van der Waals surface area contributed by atoms with Gasteiger partial charge in [0.05, 0.1) is 31.0 Å². The lowest BCUT2D eigenvalue weighted by Gasteiger charge is -2.18. The molecular weight excluding hydrogens is 318 g/mol. The van der Waals surface area contributed by atoms with Gasteiger partial charge in [-0.3, -0.25) is 4.40 Å². The third kappa shape index (κ3) is 2.67. The second-order valence-electron chi connectivity index (χ2n) is 6.92. The zero-order valence-electron chi connectivity index (χ0n) is 14.7. The number of ether oxygens (including phenoxy) is 1. The Bertz CT molecular complexity index is 938. The molecule has 0 saturated heterocycles. The van der Waals surface area contributed by atoms with Gasteiger partial charge in [0, 0.05) is 22.1 Å². The van der Waals surface area contributed by atoms with Crippen LogP contribution in [-0.4, -0.2) is 16.5 Å². The van der Waals surface area contributed by atoms with Gasteiger partial charge in [0.2, 0.25) is 0 Å². The van der Waals surface area contributed by atoms with Crippen molar-refractivity contribution in [2.45, 2.75) is 39.5 Å². The molecule has 0 aliphatic rings. The molecule has 2 aromatic heterocycles. The normalized spacial score (nSPS) is 11.7. The smallest absolute Gasteiger partial charge is 0.194 e. The lowest BCUT2D eigenvalue weighted by Crippen LogP contribution is -2.15. The van der Waals surface area contributed by atoms with Crippen molar-refractivity contribution in [3.8, 4) is 23.1 Å². The number of rotatable bonds is 3. The molecule has 124 valence electrons. The van der Waals surface area contributed by atoms with Gasteiger partial charge in [-0.25, -0.2) is 4.98 Å². The Kier molecular flexibility index (Phi) is 4.10. The summed E-state index contributed by atoms with van der Waals surface area (Å²) in [6.07, 6.45) is 0.335. The van der Waals surface area contributed by atoms with Gasteiger partial charge in [-0.15, -0.1) is 11.3 Å². The number of nitriles is 1. The van der Waals surface area contributed by atoms with Gasteiger partial charge >= 0.3 is 0 Å². The van der Waals surface area contributed by atoms with Crippen molar-refractivity contribution in [3.05, 3.63) is 40.5 Å². The second-order valence-corrected chi connectivity index (χ2v) is 7.75. The van der Waals surface area contributed by atoms with Crippen LogP contribution in [0.15, 0.2) is 23.6 Å². The first-order chi connectivity index (χ1) is 11.4. The summed E-state index contributed by atoms with van der Waals surface area (Å²) in [6.45, 7) is 8.57. The number of aromatic nitrogens is 2. The van der Waals surface area contributed by atoms with Crippen LogP contribution in [0.5, 0.6) is 5.75 Å². The average Bonchev–Trinajstić information content (AvgIpc) is 3.07. The Morgan fingerprint density at radius 3 is 2.67 bits per heavy atom. The lowest BCUT2D eigenvalue weighted by molar-refractivity contribution is 0.412. The van der Waals surface area contributed by atoms with Gasteiger partial charge < -0.3 is 4.74 Å². The van der Waals surface area contributed by atoms with E-state index in [0.717, 1.165) is 33.2 Å². The Balaban J connectivity index is 2.25. The summed E-state index contributed by atoms with van der Waals surface area (Å²) in [5.74, 6) is 0.858. The average molecular weight is 339 g/mol. The van der Waals surface area contributed by atoms with Crippen LogP contribution in [0, 0.1) is 18.3 Å². The van der Waals surface area contributed by atoms with Crippen LogP contribution in [0.1, 0.15) is 37.7 Å². The Hall–Kier alpha value is -2.32. The van der Waals surface area contributed by atoms with Crippen molar-refractivity contribution >= 4 is 16.3 Å². The van der Waals surface area contributed by atoms with Crippen LogP contribution in [0.25, 0.3) is 16.2 Å². The molecule has 4 nitrogen and oxygen atoms in total. The molecule has 0 N–H and O–H groups in total. The van der Waals surface area contributed by atoms with Crippen LogP contribution in [0.4, 0.5) is 0 Å². The quantitative estimate of drug-likeness (QED) is 0.692. The van der Waals surface area contributed by atoms with Crippen molar-refractivity contribution < 1.29 is 4.74 Å². The summed E-state index contributed by atoms with van der Waals surface area (Å²) in [4.78, 5) is 5.76. The topological polar surface area (TPSA) is 50.3 Å². The second kappa shape index (κ2) is 5.95. The first-order valence-electron chi connectivity index (χ1n) is 7.88. The number of hydrogen-bond donors (Lipinski definition) is 0. The fourth-order valence-corrected chi connectivity index (χ4v) is 4.06. The summed E-state index contributed by atoms with van der Waals surface area (Å²) >= 11 is 1.63. The minimum absolute atomic E-state index is 0.00372. The maximum absolute atomic E-state index is 9.33. The highest BCUT2D eigenvalue weighted by Gasteiger charge is 2.24. The van der Waals surface area contributed by atoms with E-state index in [1.807, 2.05) is 19.1 Å². The molecule has 5 heteroatoms. The van der Waals surface area contributed by atoms with E-state index in [4.69, 9.17) is 9.72 Å². The molecule has 0 aliphatic heterocycles. The highest BCUT2D eigenvalue weighted by Crippen LogP contribution is 2.34. The Morgan fingerprint density at radius 2 is 2.08 bits per heavy atom. The third-order valence-corrected chi connectivity index (χ3v) is 4.97. The maximum Gasteiger partial charge on any atom is 0.194 e. The number of thiazole rings is 1. The number of fused-ring (bicyclic) bond motifs is 1. The predicted molar refractivity (Wildman–Crippen MR) is 97.8 cm³/mol. The van der Waals surface area contributed by atoms with E-state index in [9.17, 15) is 5.26 Å².